The fourth-order valence-electron chi connectivity index (χ4n) is 3.41. The Kier molecular flexibility index (Phi) is 7.23. The lowest BCUT2D eigenvalue weighted by Gasteiger charge is -2.30. The Morgan fingerprint density at radius 1 is 1.07 bits per heavy atom. The number of hydrogen-bond acceptors (Lipinski definition) is 4. The largest absolute Gasteiger partial charge is 0.494 e. The van der Waals surface area contributed by atoms with E-state index < -0.39 is 0 Å². The lowest BCUT2D eigenvalue weighted by Crippen LogP contribution is -2.40. The van der Waals surface area contributed by atoms with E-state index in [1.165, 1.54) is 0 Å². The van der Waals surface area contributed by atoms with Gasteiger partial charge in [0.15, 0.2) is 5.78 Å². The molecule has 1 N–H and O–H groups in total. The molecule has 0 aromatic heterocycles. The number of benzene rings is 2. The van der Waals surface area contributed by atoms with Gasteiger partial charge < -0.3 is 10.1 Å². The van der Waals surface area contributed by atoms with Gasteiger partial charge in [0, 0.05) is 21.6 Å². The number of nitrogens with zero attached hydrogens (tertiary/aromatic N) is 1. The Morgan fingerprint density at radius 2 is 1.71 bits per heavy atom. The number of likely N-dealkylation sites (tertiary alicyclic amines) is 1. The van der Waals surface area contributed by atoms with Gasteiger partial charge in [0.1, 0.15) is 5.75 Å². The second-order valence-electron chi connectivity index (χ2n) is 6.93. The molecule has 0 spiro atoms. The molecular formula is C22H25BrN2O3. The maximum absolute atomic E-state index is 12.7. The van der Waals surface area contributed by atoms with Crippen LogP contribution in [0.15, 0.2) is 53.0 Å². The SMILES string of the molecule is CCOc1ccc(C(=O)C2CCN(CC(=O)Nc3ccc(Br)cc3)CC2)cc1. The molecule has 0 unspecified atom stereocenters. The molecule has 1 fully saturated rings. The molecule has 0 radical (unpaired) electrons. The number of Topliss-reactive ketones (excluding diaryl/α,β-unsaturated/α-hetero) is 1. The molecule has 0 saturated carbocycles. The van der Waals surface area contributed by atoms with Crippen molar-refractivity contribution in [3.63, 3.8) is 0 Å². The summed E-state index contributed by atoms with van der Waals surface area (Å²) in [5, 5.41) is 2.91. The monoisotopic (exact) mass is 444 g/mol. The van der Waals surface area contributed by atoms with Crippen molar-refractivity contribution in [3.05, 3.63) is 58.6 Å². The molecule has 2 aromatic carbocycles. The summed E-state index contributed by atoms with van der Waals surface area (Å²) in [6, 6.07) is 14.9. The normalized spacial score (nSPS) is 15.2. The number of rotatable bonds is 7. The highest BCUT2D eigenvalue weighted by atomic mass is 79.9. The van der Waals surface area contributed by atoms with Crippen molar-refractivity contribution in [1.82, 2.24) is 4.90 Å². The van der Waals surface area contributed by atoms with Gasteiger partial charge >= 0.3 is 0 Å². The maximum atomic E-state index is 12.7. The van der Waals surface area contributed by atoms with Gasteiger partial charge in [0.25, 0.3) is 0 Å². The lowest BCUT2D eigenvalue weighted by atomic mass is 9.89. The van der Waals surface area contributed by atoms with E-state index in [0.717, 1.165) is 47.4 Å². The van der Waals surface area contributed by atoms with Gasteiger partial charge in [-0.1, -0.05) is 15.9 Å². The van der Waals surface area contributed by atoms with Crippen molar-refractivity contribution in [2.75, 3.05) is 31.6 Å². The first kappa shape index (κ1) is 20.6. The van der Waals surface area contributed by atoms with E-state index in [1.807, 2.05) is 55.5 Å². The van der Waals surface area contributed by atoms with E-state index in [4.69, 9.17) is 4.74 Å². The lowest BCUT2D eigenvalue weighted by molar-refractivity contribution is -0.117. The fourth-order valence-corrected chi connectivity index (χ4v) is 3.67. The van der Waals surface area contributed by atoms with E-state index in [9.17, 15) is 9.59 Å². The van der Waals surface area contributed by atoms with E-state index in [0.29, 0.717) is 13.2 Å². The number of ether oxygens (including phenoxy) is 1. The van der Waals surface area contributed by atoms with Crippen LogP contribution in [0.3, 0.4) is 0 Å². The minimum atomic E-state index is -0.0291. The number of carbonyl (C=O) groups is 2. The molecular weight excluding hydrogens is 420 g/mol. The summed E-state index contributed by atoms with van der Waals surface area (Å²) >= 11 is 3.38. The molecule has 5 nitrogen and oxygen atoms in total. The Bertz CT molecular complexity index is 798. The zero-order chi connectivity index (χ0) is 19.9. The summed E-state index contributed by atoms with van der Waals surface area (Å²) in [7, 11) is 0. The van der Waals surface area contributed by atoms with Crippen LogP contribution >= 0.6 is 15.9 Å². The summed E-state index contributed by atoms with van der Waals surface area (Å²) in [4.78, 5) is 27.1. The topological polar surface area (TPSA) is 58.6 Å². The minimum Gasteiger partial charge on any atom is -0.494 e. The Morgan fingerprint density at radius 3 is 2.32 bits per heavy atom. The van der Waals surface area contributed by atoms with Crippen molar-refractivity contribution < 1.29 is 14.3 Å². The third-order valence-corrected chi connectivity index (χ3v) is 5.43. The summed E-state index contributed by atoms with van der Waals surface area (Å²) < 4.78 is 6.40. The van der Waals surface area contributed by atoms with Crippen LogP contribution in [-0.4, -0.2) is 42.8 Å². The molecule has 1 saturated heterocycles. The Balaban J connectivity index is 1.46. The molecule has 0 bridgehead atoms. The van der Waals surface area contributed by atoms with Crippen molar-refractivity contribution in [3.8, 4) is 5.75 Å². The molecule has 3 rings (SSSR count). The number of nitrogens with one attached hydrogen (secondary N) is 1. The van der Waals surface area contributed by atoms with Crippen LogP contribution in [0.2, 0.25) is 0 Å². The first-order valence-corrected chi connectivity index (χ1v) is 10.4. The van der Waals surface area contributed by atoms with Gasteiger partial charge in [-0.3, -0.25) is 14.5 Å². The zero-order valence-electron chi connectivity index (χ0n) is 16.0. The molecule has 1 heterocycles. The summed E-state index contributed by atoms with van der Waals surface area (Å²) in [5.74, 6) is 0.954. The van der Waals surface area contributed by atoms with Crippen molar-refractivity contribution in [2.45, 2.75) is 19.8 Å². The highest BCUT2D eigenvalue weighted by Gasteiger charge is 2.26. The minimum absolute atomic E-state index is 0.0173. The standard InChI is InChI=1S/C22H25BrN2O3/c1-2-28-20-9-3-16(4-10-20)22(27)17-11-13-25(14-12-17)15-21(26)24-19-7-5-18(23)6-8-19/h3-10,17H,2,11-15H2,1H3,(H,24,26). The van der Waals surface area contributed by atoms with E-state index in [-0.39, 0.29) is 17.6 Å². The van der Waals surface area contributed by atoms with Crippen LogP contribution in [-0.2, 0) is 4.79 Å². The average molecular weight is 445 g/mol. The second kappa shape index (κ2) is 9.85. The molecule has 2 aromatic rings. The number of halogens is 1. The number of anilines is 1. The molecule has 28 heavy (non-hydrogen) atoms. The van der Waals surface area contributed by atoms with Crippen LogP contribution in [0.5, 0.6) is 5.75 Å². The number of piperidine rings is 1. The number of carbonyl (C=O) groups excluding carboxylic acids is 2. The van der Waals surface area contributed by atoms with Crippen LogP contribution in [0.4, 0.5) is 5.69 Å². The van der Waals surface area contributed by atoms with Crippen LogP contribution in [0.1, 0.15) is 30.1 Å². The zero-order valence-corrected chi connectivity index (χ0v) is 17.6. The third kappa shape index (κ3) is 5.66. The Hall–Kier alpha value is -2.18. The molecule has 1 amide bonds. The molecule has 1 aliphatic rings. The molecule has 0 aliphatic carbocycles. The van der Waals surface area contributed by atoms with Crippen molar-refractivity contribution in [2.24, 2.45) is 5.92 Å². The summed E-state index contributed by atoms with van der Waals surface area (Å²) in [6.07, 6.45) is 1.55. The first-order chi connectivity index (χ1) is 13.5. The predicted molar refractivity (Wildman–Crippen MR) is 114 cm³/mol. The van der Waals surface area contributed by atoms with Gasteiger partial charge in [-0.05, 0) is 81.4 Å². The van der Waals surface area contributed by atoms with Gasteiger partial charge in [-0.15, -0.1) is 0 Å². The molecule has 0 atom stereocenters. The first-order valence-electron chi connectivity index (χ1n) is 9.60. The van der Waals surface area contributed by atoms with Gasteiger partial charge in [0.05, 0.1) is 13.2 Å². The average Bonchev–Trinajstić information content (AvgIpc) is 2.71. The van der Waals surface area contributed by atoms with Crippen LogP contribution in [0.25, 0.3) is 0 Å². The van der Waals surface area contributed by atoms with Crippen LogP contribution < -0.4 is 10.1 Å². The highest BCUT2D eigenvalue weighted by molar-refractivity contribution is 9.10. The second-order valence-corrected chi connectivity index (χ2v) is 7.84. The number of amides is 1. The number of ketones is 1. The number of hydrogen-bond donors (Lipinski definition) is 1. The third-order valence-electron chi connectivity index (χ3n) is 4.90. The van der Waals surface area contributed by atoms with E-state index in [2.05, 4.69) is 26.1 Å². The maximum Gasteiger partial charge on any atom is 0.238 e. The quantitative estimate of drug-likeness (QED) is 0.643. The van der Waals surface area contributed by atoms with E-state index >= 15 is 0 Å². The molecule has 1 aliphatic heterocycles. The summed E-state index contributed by atoms with van der Waals surface area (Å²) in [5.41, 5.74) is 1.52. The van der Waals surface area contributed by atoms with Gasteiger partial charge in [-0.2, -0.15) is 0 Å². The van der Waals surface area contributed by atoms with Crippen LogP contribution in [0, 0.1) is 5.92 Å². The molecule has 148 valence electrons. The van der Waals surface area contributed by atoms with Gasteiger partial charge in [-0.25, -0.2) is 0 Å². The van der Waals surface area contributed by atoms with E-state index in [1.54, 1.807) is 0 Å². The smallest absolute Gasteiger partial charge is 0.238 e. The van der Waals surface area contributed by atoms with Crippen molar-refractivity contribution in [1.29, 1.82) is 0 Å². The highest BCUT2D eigenvalue weighted by Crippen LogP contribution is 2.23. The Labute approximate surface area is 174 Å². The fraction of sp³-hybridized carbons (Fsp3) is 0.364. The molecule has 6 heteroatoms. The van der Waals surface area contributed by atoms with Crippen molar-refractivity contribution >= 4 is 33.3 Å². The summed E-state index contributed by atoms with van der Waals surface area (Å²) in [6.45, 7) is 4.40. The predicted octanol–water partition coefficient (Wildman–Crippen LogP) is 4.38. The van der Waals surface area contributed by atoms with Gasteiger partial charge in [0.2, 0.25) is 5.91 Å².